The number of benzene rings is 1. The van der Waals surface area contributed by atoms with Gasteiger partial charge in [-0.25, -0.2) is 0 Å². The molecule has 1 saturated carbocycles. The van der Waals surface area contributed by atoms with Crippen molar-refractivity contribution in [2.45, 2.75) is 32.1 Å². The first-order valence-corrected chi connectivity index (χ1v) is 7.25. The van der Waals surface area contributed by atoms with Crippen molar-refractivity contribution in [3.8, 4) is 11.5 Å². The first-order valence-electron chi connectivity index (χ1n) is 7.25. The first kappa shape index (κ1) is 14.7. The van der Waals surface area contributed by atoms with Gasteiger partial charge in [0.05, 0.1) is 19.8 Å². The molecule has 20 heavy (non-hydrogen) atoms. The third-order valence-electron chi connectivity index (χ3n) is 3.93. The number of hydrogen-bond acceptors (Lipinski definition) is 3. The van der Waals surface area contributed by atoms with Gasteiger partial charge in [0.1, 0.15) is 11.5 Å². The maximum Gasteiger partial charge on any atom is 0.255 e. The van der Waals surface area contributed by atoms with E-state index in [0.29, 0.717) is 23.0 Å². The normalized spacial score (nSPS) is 15.7. The van der Waals surface area contributed by atoms with E-state index in [1.807, 2.05) is 0 Å². The van der Waals surface area contributed by atoms with Crippen LogP contribution >= 0.6 is 0 Å². The summed E-state index contributed by atoms with van der Waals surface area (Å²) in [7, 11) is 3.16. The van der Waals surface area contributed by atoms with Crippen LogP contribution in [0.4, 0.5) is 0 Å². The highest BCUT2D eigenvalue weighted by Crippen LogP contribution is 2.25. The van der Waals surface area contributed by atoms with Gasteiger partial charge in [0.25, 0.3) is 5.91 Å². The molecule has 0 aliphatic heterocycles. The Labute approximate surface area is 120 Å². The molecule has 2 rings (SSSR count). The van der Waals surface area contributed by atoms with Crippen LogP contribution in [0.2, 0.25) is 0 Å². The largest absolute Gasteiger partial charge is 0.497 e. The highest BCUT2D eigenvalue weighted by atomic mass is 16.5. The van der Waals surface area contributed by atoms with Crippen LogP contribution in [-0.4, -0.2) is 26.7 Å². The molecular formula is C16H23NO3. The molecule has 0 spiro atoms. The second-order valence-corrected chi connectivity index (χ2v) is 5.28. The van der Waals surface area contributed by atoms with Crippen molar-refractivity contribution in [3.05, 3.63) is 23.8 Å². The fourth-order valence-electron chi connectivity index (χ4n) is 2.71. The smallest absolute Gasteiger partial charge is 0.255 e. The number of methoxy groups -OCH3 is 2. The van der Waals surface area contributed by atoms with Gasteiger partial charge < -0.3 is 14.8 Å². The molecule has 1 aromatic carbocycles. The minimum absolute atomic E-state index is 0.0740. The zero-order valence-electron chi connectivity index (χ0n) is 12.3. The van der Waals surface area contributed by atoms with Gasteiger partial charge in [-0.2, -0.15) is 0 Å². The van der Waals surface area contributed by atoms with Crippen LogP contribution in [0.25, 0.3) is 0 Å². The van der Waals surface area contributed by atoms with E-state index in [0.717, 1.165) is 6.54 Å². The van der Waals surface area contributed by atoms with Crippen LogP contribution in [-0.2, 0) is 0 Å². The number of amides is 1. The Hall–Kier alpha value is -1.71. The molecule has 110 valence electrons. The fraction of sp³-hybridized carbons (Fsp3) is 0.562. The minimum atomic E-state index is -0.0740. The lowest BCUT2D eigenvalue weighted by Crippen LogP contribution is -2.30. The summed E-state index contributed by atoms with van der Waals surface area (Å²) in [6, 6.07) is 5.25. The van der Waals surface area contributed by atoms with Crippen LogP contribution < -0.4 is 14.8 Å². The summed E-state index contributed by atoms with van der Waals surface area (Å²) in [5.74, 6) is 1.78. The van der Waals surface area contributed by atoms with E-state index in [2.05, 4.69) is 5.32 Å². The molecule has 1 aliphatic carbocycles. The summed E-state index contributed by atoms with van der Waals surface area (Å²) in [6.45, 7) is 0.758. The van der Waals surface area contributed by atoms with Gasteiger partial charge >= 0.3 is 0 Å². The molecule has 1 amide bonds. The lowest BCUT2D eigenvalue weighted by Gasteiger charge is -2.22. The molecule has 0 atom stereocenters. The molecule has 4 heteroatoms. The Morgan fingerprint density at radius 3 is 2.60 bits per heavy atom. The van der Waals surface area contributed by atoms with Crippen molar-refractivity contribution in [2.24, 2.45) is 5.92 Å². The van der Waals surface area contributed by atoms with E-state index in [-0.39, 0.29) is 5.91 Å². The van der Waals surface area contributed by atoms with Crippen molar-refractivity contribution in [1.82, 2.24) is 5.32 Å². The highest BCUT2D eigenvalue weighted by Gasteiger charge is 2.17. The molecular weight excluding hydrogens is 254 g/mol. The summed E-state index contributed by atoms with van der Waals surface area (Å²) >= 11 is 0. The zero-order valence-corrected chi connectivity index (χ0v) is 12.3. The zero-order chi connectivity index (χ0) is 14.4. The molecule has 4 nitrogen and oxygen atoms in total. The Kier molecular flexibility index (Phi) is 5.27. The molecule has 1 N–H and O–H groups in total. The monoisotopic (exact) mass is 277 g/mol. The number of nitrogens with one attached hydrogen (secondary N) is 1. The molecule has 0 unspecified atom stereocenters. The van der Waals surface area contributed by atoms with Crippen LogP contribution in [0.15, 0.2) is 18.2 Å². The van der Waals surface area contributed by atoms with E-state index < -0.39 is 0 Å². The molecule has 1 aliphatic rings. The van der Waals surface area contributed by atoms with E-state index in [4.69, 9.17) is 9.47 Å². The SMILES string of the molecule is COc1ccc(C(=O)NCC2CCCCC2)c(OC)c1. The third kappa shape index (κ3) is 3.65. The highest BCUT2D eigenvalue weighted by molar-refractivity contribution is 5.97. The quantitative estimate of drug-likeness (QED) is 0.900. The Morgan fingerprint density at radius 2 is 1.95 bits per heavy atom. The average Bonchev–Trinajstić information content (AvgIpc) is 2.52. The van der Waals surface area contributed by atoms with Crippen molar-refractivity contribution >= 4 is 5.91 Å². The molecule has 0 aromatic heterocycles. The van der Waals surface area contributed by atoms with E-state index in [1.165, 1.54) is 32.1 Å². The second-order valence-electron chi connectivity index (χ2n) is 5.28. The van der Waals surface area contributed by atoms with Crippen LogP contribution in [0.3, 0.4) is 0 Å². The number of carbonyl (C=O) groups excluding carboxylic acids is 1. The molecule has 0 bridgehead atoms. The van der Waals surface area contributed by atoms with Crippen molar-refractivity contribution in [3.63, 3.8) is 0 Å². The molecule has 0 radical (unpaired) electrons. The number of ether oxygens (including phenoxy) is 2. The standard InChI is InChI=1S/C16H23NO3/c1-19-13-8-9-14(15(10-13)20-2)16(18)17-11-12-6-4-3-5-7-12/h8-10,12H,3-7,11H2,1-2H3,(H,17,18). The Bertz CT molecular complexity index is 453. The Morgan fingerprint density at radius 1 is 1.20 bits per heavy atom. The third-order valence-corrected chi connectivity index (χ3v) is 3.93. The predicted molar refractivity (Wildman–Crippen MR) is 78.5 cm³/mol. The minimum Gasteiger partial charge on any atom is -0.497 e. The Balaban J connectivity index is 1.97. The van der Waals surface area contributed by atoms with Gasteiger partial charge in [0.2, 0.25) is 0 Å². The van der Waals surface area contributed by atoms with Crippen LogP contribution in [0, 0.1) is 5.92 Å². The van der Waals surface area contributed by atoms with Gasteiger partial charge in [0, 0.05) is 12.6 Å². The molecule has 1 fully saturated rings. The van der Waals surface area contributed by atoms with E-state index in [1.54, 1.807) is 32.4 Å². The van der Waals surface area contributed by atoms with Crippen molar-refractivity contribution < 1.29 is 14.3 Å². The van der Waals surface area contributed by atoms with Crippen molar-refractivity contribution in [1.29, 1.82) is 0 Å². The average molecular weight is 277 g/mol. The number of rotatable bonds is 5. The van der Waals surface area contributed by atoms with Crippen LogP contribution in [0.1, 0.15) is 42.5 Å². The molecule has 0 heterocycles. The summed E-state index contributed by atoms with van der Waals surface area (Å²) in [4.78, 5) is 12.2. The molecule has 0 saturated heterocycles. The number of hydrogen-bond donors (Lipinski definition) is 1. The second kappa shape index (κ2) is 7.17. The van der Waals surface area contributed by atoms with Crippen LogP contribution in [0.5, 0.6) is 11.5 Å². The summed E-state index contributed by atoms with van der Waals surface area (Å²) in [5.41, 5.74) is 0.559. The van der Waals surface area contributed by atoms with E-state index >= 15 is 0 Å². The lowest BCUT2D eigenvalue weighted by molar-refractivity contribution is 0.0940. The number of carbonyl (C=O) groups is 1. The maximum atomic E-state index is 12.2. The summed E-state index contributed by atoms with van der Waals surface area (Å²) in [5, 5.41) is 3.02. The maximum absolute atomic E-state index is 12.2. The topological polar surface area (TPSA) is 47.6 Å². The van der Waals surface area contributed by atoms with Gasteiger partial charge in [-0.1, -0.05) is 19.3 Å². The molecule has 1 aromatic rings. The van der Waals surface area contributed by atoms with Crippen molar-refractivity contribution in [2.75, 3.05) is 20.8 Å². The fourth-order valence-corrected chi connectivity index (χ4v) is 2.71. The van der Waals surface area contributed by atoms with Gasteiger partial charge in [0.15, 0.2) is 0 Å². The summed E-state index contributed by atoms with van der Waals surface area (Å²) in [6.07, 6.45) is 6.34. The van der Waals surface area contributed by atoms with E-state index in [9.17, 15) is 4.79 Å². The summed E-state index contributed by atoms with van der Waals surface area (Å²) < 4.78 is 10.4. The van der Waals surface area contributed by atoms with Gasteiger partial charge in [-0.05, 0) is 30.9 Å². The predicted octanol–water partition coefficient (Wildman–Crippen LogP) is 3.01. The lowest BCUT2D eigenvalue weighted by atomic mass is 9.89. The first-order chi connectivity index (χ1) is 9.74. The van der Waals surface area contributed by atoms with Gasteiger partial charge in [-0.15, -0.1) is 0 Å². The van der Waals surface area contributed by atoms with Gasteiger partial charge in [-0.3, -0.25) is 4.79 Å².